The second-order valence-electron chi connectivity index (χ2n) is 2.02. The first-order chi connectivity index (χ1) is 4.75. The first kappa shape index (κ1) is 7.51. The van der Waals surface area contributed by atoms with Crippen LogP contribution in [0.5, 0.6) is 0 Å². The molecule has 0 amide bonds. The molecule has 0 aromatic rings. The molecule has 1 unspecified atom stereocenters. The summed E-state index contributed by atoms with van der Waals surface area (Å²) in [6, 6.07) is 0. The van der Waals surface area contributed by atoms with E-state index in [1.807, 2.05) is 0 Å². The second-order valence-corrected chi connectivity index (χ2v) is 2.46. The van der Waals surface area contributed by atoms with Crippen LogP contribution in [0.2, 0.25) is 0 Å². The lowest BCUT2D eigenvalue weighted by molar-refractivity contribution is -0.113. The molecular formula is C7H7ClO2. The predicted octanol–water partition coefficient (Wildman–Crippen LogP) is 0.651. The van der Waals surface area contributed by atoms with E-state index in [0.29, 0.717) is 5.57 Å². The summed E-state index contributed by atoms with van der Waals surface area (Å²) in [6.07, 6.45) is 4.64. The second kappa shape index (κ2) is 2.99. The van der Waals surface area contributed by atoms with E-state index in [-0.39, 0.29) is 12.4 Å². The van der Waals surface area contributed by atoms with E-state index >= 15 is 0 Å². The summed E-state index contributed by atoms with van der Waals surface area (Å²) in [6.45, 7) is -0.149. The van der Waals surface area contributed by atoms with E-state index < -0.39 is 5.38 Å². The van der Waals surface area contributed by atoms with Gasteiger partial charge in [0.2, 0.25) is 0 Å². The standard InChI is InChI=1S/C7H7ClO2/c8-7-5(4-9)2-1-3-6(7)10/h1-3,7,9H,4H2. The van der Waals surface area contributed by atoms with E-state index in [1.54, 1.807) is 12.2 Å². The Morgan fingerprint density at radius 3 is 2.90 bits per heavy atom. The Balaban J connectivity index is 2.81. The number of allylic oxidation sites excluding steroid dienone is 3. The molecule has 0 heterocycles. The molecule has 0 radical (unpaired) electrons. The van der Waals surface area contributed by atoms with Crippen LogP contribution >= 0.6 is 11.6 Å². The van der Waals surface area contributed by atoms with Crippen molar-refractivity contribution < 1.29 is 9.90 Å². The van der Waals surface area contributed by atoms with Gasteiger partial charge in [-0.3, -0.25) is 4.79 Å². The average molecular weight is 159 g/mol. The van der Waals surface area contributed by atoms with Gasteiger partial charge in [0.05, 0.1) is 6.61 Å². The van der Waals surface area contributed by atoms with Crippen LogP contribution in [0.3, 0.4) is 0 Å². The van der Waals surface area contributed by atoms with Gasteiger partial charge in [-0.05, 0) is 11.6 Å². The summed E-state index contributed by atoms with van der Waals surface area (Å²) >= 11 is 5.60. The number of halogens is 1. The van der Waals surface area contributed by atoms with Crippen molar-refractivity contribution in [2.24, 2.45) is 0 Å². The molecule has 10 heavy (non-hydrogen) atoms. The third-order valence-corrected chi connectivity index (χ3v) is 1.82. The Morgan fingerprint density at radius 2 is 2.40 bits per heavy atom. The first-order valence-electron chi connectivity index (χ1n) is 2.91. The molecule has 0 bridgehead atoms. The largest absolute Gasteiger partial charge is 0.392 e. The van der Waals surface area contributed by atoms with Crippen LogP contribution in [0.15, 0.2) is 23.8 Å². The summed E-state index contributed by atoms with van der Waals surface area (Å²) in [7, 11) is 0. The van der Waals surface area contributed by atoms with E-state index in [2.05, 4.69) is 0 Å². The number of hydrogen-bond acceptors (Lipinski definition) is 2. The minimum atomic E-state index is -0.657. The third-order valence-electron chi connectivity index (χ3n) is 1.33. The molecule has 0 saturated carbocycles. The summed E-state index contributed by atoms with van der Waals surface area (Å²) in [5.41, 5.74) is 0.564. The summed E-state index contributed by atoms with van der Waals surface area (Å²) in [5.74, 6) is -0.159. The number of carbonyl (C=O) groups excluding carboxylic acids is 1. The molecule has 1 N–H and O–H groups in total. The van der Waals surface area contributed by atoms with Crippen LogP contribution in [-0.4, -0.2) is 22.9 Å². The zero-order valence-electron chi connectivity index (χ0n) is 5.25. The predicted molar refractivity (Wildman–Crippen MR) is 39.0 cm³/mol. The Kier molecular flexibility index (Phi) is 2.25. The summed E-state index contributed by atoms with van der Waals surface area (Å²) in [5, 5.41) is 7.98. The highest BCUT2D eigenvalue weighted by atomic mass is 35.5. The van der Waals surface area contributed by atoms with Crippen molar-refractivity contribution >= 4 is 17.4 Å². The van der Waals surface area contributed by atoms with Gasteiger partial charge >= 0.3 is 0 Å². The Morgan fingerprint density at radius 1 is 1.70 bits per heavy atom. The molecule has 54 valence electrons. The minimum absolute atomic E-state index is 0.149. The zero-order chi connectivity index (χ0) is 7.56. The molecule has 2 nitrogen and oxygen atoms in total. The molecule has 1 aliphatic rings. The molecule has 0 aromatic heterocycles. The highest BCUT2D eigenvalue weighted by molar-refractivity contribution is 6.35. The van der Waals surface area contributed by atoms with Crippen molar-refractivity contribution in [1.82, 2.24) is 0 Å². The number of hydrogen-bond donors (Lipinski definition) is 1. The maximum Gasteiger partial charge on any atom is 0.177 e. The van der Waals surface area contributed by atoms with Gasteiger partial charge in [-0.2, -0.15) is 0 Å². The van der Waals surface area contributed by atoms with Crippen molar-refractivity contribution in [3.05, 3.63) is 23.8 Å². The van der Waals surface area contributed by atoms with Crippen LogP contribution in [0.25, 0.3) is 0 Å². The lowest BCUT2D eigenvalue weighted by atomic mass is 10.0. The average Bonchev–Trinajstić information content (AvgIpc) is 1.95. The van der Waals surface area contributed by atoms with E-state index in [0.717, 1.165) is 0 Å². The van der Waals surface area contributed by atoms with Gasteiger partial charge in [-0.15, -0.1) is 11.6 Å². The molecule has 1 rings (SSSR count). The van der Waals surface area contributed by atoms with Gasteiger partial charge < -0.3 is 5.11 Å². The molecule has 0 aliphatic heterocycles. The van der Waals surface area contributed by atoms with Gasteiger partial charge in [0, 0.05) is 0 Å². The van der Waals surface area contributed by atoms with E-state index in [1.165, 1.54) is 6.08 Å². The monoisotopic (exact) mass is 158 g/mol. The number of ketones is 1. The van der Waals surface area contributed by atoms with E-state index in [4.69, 9.17) is 16.7 Å². The maximum absolute atomic E-state index is 10.8. The molecule has 1 atom stereocenters. The summed E-state index contributed by atoms with van der Waals surface area (Å²) in [4.78, 5) is 10.8. The minimum Gasteiger partial charge on any atom is -0.392 e. The van der Waals surface area contributed by atoms with Crippen LogP contribution in [0.1, 0.15) is 0 Å². The number of aliphatic hydroxyl groups excluding tert-OH is 1. The van der Waals surface area contributed by atoms with Crippen LogP contribution in [0, 0.1) is 0 Å². The number of aliphatic hydroxyl groups is 1. The Hall–Kier alpha value is -0.600. The van der Waals surface area contributed by atoms with Gasteiger partial charge in [0.1, 0.15) is 5.38 Å². The molecule has 3 heteroatoms. The molecule has 0 saturated heterocycles. The number of carbonyl (C=O) groups is 1. The smallest absolute Gasteiger partial charge is 0.177 e. The Bertz CT molecular complexity index is 206. The van der Waals surface area contributed by atoms with Crippen molar-refractivity contribution in [2.45, 2.75) is 5.38 Å². The lowest BCUT2D eigenvalue weighted by Gasteiger charge is -2.10. The first-order valence-corrected chi connectivity index (χ1v) is 3.35. The SMILES string of the molecule is O=C1C=CC=C(CO)C1Cl. The van der Waals surface area contributed by atoms with Crippen LogP contribution in [-0.2, 0) is 4.79 Å². The highest BCUT2D eigenvalue weighted by Crippen LogP contribution is 2.14. The fourth-order valence-corrected chi connectivity index (χ4v) is 0.966. The maximum atomic E-state index is 10.8. The zero-order valence-corrected chi connectivity index (χ0v) is 6.01. The van der Waals surface area contributed by atoms with E-state index in [9.17, 15) is 4.79 Å². The number of alkyl halides is 1. The lowest BCUT2D eigenvalue weighted by Crippen LogP contribution is -2.19. The van der Waals surface area contributed by atoms with Crippen molar-refractivity contribution in [3.8, 4) is 0 Å². The fraction of sp³-hybridized carbons (Fsp3) is 0.286. The molecule has 0 spiro atoms. The quantitative estimate of drug-likeness (QED) is 0.569. The van der Waals surface area contributed by atoms with Crippen molar-refractivity contribution in [2.75, 3.05) is 6.61 Å². The Labute approximate surface area is 63.8 Å². The van der Waals surface area contributed by atoms with Gasteiger partial charge in [0.25, 0.3) is 0 Å². The van der Waals surface area contributed by atoms with Crippen molar-refractivity contribution in [3.63, 3.8) is 0 Å². The highest BCUT2D eigenvalue weighted by Gasteiger charge is 2.18. The molecule has 0 fully saturated rings. The third kappa shape index (κ3) is 1.28. The molecule has 0 aromatic carbocycles. The molecular weight excluding hydrogens is 152 g/mol. The summed E-state index contributed by atoms with van der Waals surface area (Å²) < 4.78 is 0. The van der Waals surface area contributed by atoms with Crippen LogP contribution in [0.4, 0.5) is 0 Å². The van der Waals surface area contributed by atoms with Gasteiger partial charge in [-0.25, -0.2) is 0 Å². The molecule has 1 aliphatic carbocycles. The number of rotatable bonds is 1. The topological polar surface area (TPSA) is 37.3 Å². The van der Waals surface area contributed by atoms with Gasteiger partial charge in [-0.1, -0.05) is 12.2 Å². The van der Waals surface area contributed by atoms with Crippen LogP contribution < -0.4 is 0 Å². The van der Waals surface area contributed by atoms with Gasteiger partial charge in [0.15, 0.2) is 5.78 Å². The normalized spacial score (nSPS) is 24.8. The van der Waals surface area contributed by atoms with Crippen molar-refractivity contribution in [1.29, 1.82) is 0 Å². The fourth-order valence-electron chi connectivity index (χ4n) is 0.751.